The zero-order valence-electron chi connectivity index (χ0n) is 14.4. The van der Waals surface area contributed by atoms with Crippen LogP contribution in [0, 0.1) is 0 Å². The zero-order valence-corrected chi connectivity index (χ0v) is 16.0. The molecule has 2 N–H and O–H groups in total. The smallest absolute Gasteiger partial charge is 0.336 e. The minimum absolute atomic E-state index is 0.130. The van der Waals surface area contributed by atoms with E-state index in [-0.39, 0.29) is 24.3 Å². The Bertz CT molecular complexity index is 1010. The quantitative estimate of drug-likeness (QED) is 0.660. The maximum absolute atomic E-state index is 12.7. The summed E-state index contributed by atoms with van der Waals surface area (Å²) in [7, 11) is 0. The number of hydrogen-bond acceptors (Lipinski definition) is 4. The molecular weight excluding hydrogens is 386 g/mol. The molecule has 4 rings (SSSR count). The Morgan fingerprint density at radius 3 is 2.78 bits per heavy atom. The van der Waals surface area contributed by atoms with E-state index in [1.807, 2.05) is 17.5 Å². The number of benzene rings is 1. The number of aromatic nitrogens is 3. The molecule has 2 heterocycles. The van der Waals surface area contributed by atoms with Crippen molar-refractivity contribution in [3.8, 4) is 10.7 Å². The van der Waals surface area contributed by atoms with Gasteiger partial charge in [0.25, 0.3) is 0 Å². The monoisotopic (exact) mass is 403 g/mol. The van der Waals surface area contributed by atoms with Crippen LogP contribution in [-0.2, 0) is 6.54 Å². The van der Waals surface area contributed by atoms with Crippen molar-refractivity contribution >= 4 is 34.7 Å². The first-order valence-corrected chi connectivity index (χ1v) is 9.92. The Labute approximate surface area is 164 Å². The van der Waals surface area contributed by atoms with Crippen LogP contribution in [0.15, 0.2) is 46.6 Å². The second-order valence-corrected chi connectivity index (χ2v) is 7.62. The molecule has 1 aliphatic rings. The van der Waals surface area contributed by atoms with E-state index in [0.717, 1.165) is 17.7 Å². The largest absolute Gasteiger partial charge is 0.346 e. The van der Waals surface area contributed by atoms with Crippen LogP contribution in [-0.4, -0.2) is 26.9 Å². The summed E-state index contributed by atoms with van der Waals surface area (Å²) in [5, 5.41) is 12.3. The molecule has 0 radical (unpaired) electrons. The second-order valence-electron chi connectivity index (χ2n) is 6.27. The molecule has 7 nitrogen and oxygen atoms in total. The molecule has 2 amide bonds. The number of nitrogens with one attached hydrogen (secondary N) is 2. The van der Waals surface area contributed by atoms with Crippen molar-refractivity contribution in [1.29, 1.82) is 0 Å². The Balaban J connectivity index is 1.41. The van der Waals surface area contributed by atoms with E-state index in [9.17, 15) is 9.59 Å². The van der Waals surface area contributed by atoms with Crippen molar-refractivity contribution in [3.63, 3.8) is 0 Å². The van der Waals surface area contributed by atoms with Crippen LogP contribution in [0.2, 0.25) is 5.02 Å². The van der Waals surface area contributed by atoms with Crippen LogP contribution < -0.4 is 16.3 Å². The summed E-state index contributed by atoms with van der Waals surface area (Å²) in [5.74, 6) is 0.706. The van der Waals surface area contributed by atoms with Gasteiger partial charge >= 0.3 is 11.7 Å². The zero-order chi connectivity index (χ0) is 18.8. The number of amides is 2. The van der Waals surface area contributed by atoms with Crippen LogP contribution in [0.3, 0.4) is 0 Å². The number of carbonyl (C=O) groups is 1. The molecule has 0 aliphatic heterocycles. The van der Waals surface area contributed by atoms with Gasteiger partial charge in [-0.3, -0.25) is 4.57 Å². The molecule has 1 aromatic carbocycles. The number of thiophene rings is 1. The lowest BCUT2D eigenvalue weighted by molar-refractivity contribution is 0.251. The molecule has 0 unspecified atom stereocenters. The Hall–Kier alpha value is -2.58. The number of anilines is 1. The fourth-order valence-corrected chi connectivity index (χ4v) is 3.69. The van der Waals surface area contributed by atoms with Gasteiger partial charge < -0.3 is 10.6 Å². The first-order chi connectivity index (χ1) is 13.1. The van der Waals surface area contributed by atoms with Crippen molar-refractivity contribution < 1.29 is 4.79 Å². The summed E-state index contributed by atoms with van der Waals surface area (Å²) < 4.78 is 3.19. The molecule has 1 aliphatic carbocycles. The molecule has 0 spiro atoms. The Morgan fingerprint density at radius 2 is 2.07 bits per heavy atom. The summed E-state index contributed by atoms with van der Waals surface area (Å²) in [6.45, 7) is 0.578. The lowest BCUT2D eigenvalue weighted by atomic mass is 10.3. The number of rotatable bonds is 6. The molecule has 1 fully saturated rings. The first kappa shape index (κ1) is 17.8. The van der Waals surface area contributed by atoms with Crippen LogP contribution in [0.25, 0.3) is 10.7 Å². The number of hydrogen-bond donors (Lipinski definition) is 2. The van der Waals surface area contributed by atoms with Crippen LogP contribution in [0.5, 0.6) is 0 Å². The minimum atomic E-state index is -0.378. The van der Waals surface area contributed by atoms with Gasteiger partial charge in [0, 0.05) is 12.6 Å². The van der Waals surface area contributed by atoms with E-state index in [4.69, 9.17) is 11.6 Å². The van der Waals surface area contributed by atoms with Crippen LogP contribution >= 0.6 is 22.9 Å². The van der Waals surface area contributed by atoms with E-state index in [0.29, 0.717) is 23.1 Å². The lowest BCUT2D eigenvalue weighted by Gasteiger charge is -2.08. The summed E-state index contributed by atoms with van der Waals surface area (Å²) in [6, 6.07) is 10.8. The Morgan fingerprint density at radius 1 is 1.26 bits per heavy atom. The fourth-order valence-electron chi connectivity index (χ4n) is 2.81. The second kappa shape index (κ2) is 7.58. The van der Waals surface area contributed by atoms with Gasteiger partial charge in [-0.2, -0.15) is 0 Å². The summed E-state index contributed by atoms with van der Waals surface area (Å²) >= 11 is 7.58. The standard InChI is InChI=1S/C18H18ClN5O2S/c19-13-4-1-2-5-14(13)21-17(25)20-9-10-23-18(26)24(12-7-8-12)16(22-23)15-6-3-11-27-15/h1-6,11-12H,7-10H2,(H2,20,21,25). The molecule has 140 valence electrons. The van der Waals surface area contributed by atoms with Gasteiger partial charge in [-0.25, -0.2) is 14.3 Å². The minimum Gasteiger partial charge on any atom is -0.336 e. The van der Waals surface area contributed by atoms with Gasteiger partial charge in [-0.05, 0) is 36.4 Å². The molecule has 27 heavy (non-hydrogen) atoms. The van der Waals surface area contributed by atoms with Crippen molar-refractivity contribution in [3.05, 3.63) is 57.3 Å². The molecule has 9 heteroatoms. The maximum Gasteiger partial charge on any atom is 0.346 e. The summed E-state index contributed by atoms with van der Waals surface area (Å²) in [4.78, 5) is 25.7. The number of para-hydroxylation sites is 1. The maximum atomic E-state index is 12.7. The van der Waals surface area contributed by atoms with E-state index >= 15 is 0 Å². The van der Waals surface area contributed by atoms with Crippen LogP contribution in [0.4, 0.5) is 10.5 Å². The lowest BCUT2D eigenvalue weighted by Crippen LogP contribution is -2.34. The third-order valence-electron chi connectivity index (χ3n) is 4.26. The average Bonchev–Trinajstić information content (AvgIpc) is 3.23. The van der Waals surface area contributed by atoms with Crippen LogP contribution in [0.1, 0.15) is 18.9 Å². The normalized spacial score (nSPS) is 13.5. The van der Waals surface area contributed by atoms with E-state index in [1.54, 1.807) is 40.2 Å². The number of carbonyl (C=O) groups excluding carboxylic acids is 1. The number of urea groups is 1. The third-order valence-corrected chi connectivity index (χ3v) is 5.45. The Kier molecular flexibility index (Phi) is 5.00. The molecule has 1 saturated carbocycles. The average molecular weight is 404 g/mol. The van der Waals surface area contributed by atoms with Gasteiger partial charge in [0.15, 0.2) is 5.82 Å². The molecular formula is C18H18ClN5O2S. The van der Waals surface area contributed by atoms with Gasteiger partial charge in [0.1, 0.15) is 0 Å². The fraction of sp³-hybridized carbons (Fsp3) is 0.278. The highest BCUT2D eigenvalue weighted by molar-refractivity contribution is 7.13. The van der Waals surface area contributed by atoms with Gasteiger partial charge in [-0.15, -0.1) is 16.4 Å². The topological polar surface area (TPSA) is 81.0 Å². The summed E-state index contributed by atoms with van der Waals surface area (Å²) in [5.41, 5.74) is 0.404. The van der Waals surface area contributed by atoms with Gasteiger partial charge in [0.2, 0.25) is 0 Å². The van der Waals surface area contributed by atoms with Crippen molar-refractivity contribution in [2.75, 3.05) is 11.9 Å². The number of halogens is 1. The highest BCUT2D eigenvalue weighted by Gasteiger charge is 2.30. The van der Waals surface area contributed by atoms with E-state index in [2.05, 4.69) is 15.7 Å². The van der Waals surface area contributed by atoms with Crippen molar-refractivity contribution in [2.45, 2.75) is 25.4 Å². The van der Waals surface area contributed by atoms with Gasteiger partial charge in [-0.1, -0.05) is 29.8 Å². The highest BCUT2D eigenvalue weighted by Crippen LogP contribution is 2.37. The third kappa shape index (κ3) is 3.91. The highest BCUT2D eigenvalue weighted by atomic mass is 35.5. The van der Waals surface area contributed by atoms with Gasteiger partial charge in [0.05, 0.1) is 22.1 Å². The van der Waals surface area contributed by atoms with E-state index in [1.165, 1.54) is 4.68 Å². The molecule has 3 aromatic rings. The summed E-state index contributed by atoms with van der Waals surface area (Å²) in [6.07, 6.45) is 2.00. The van der Waals surface area contributed by atoms with Crippen molar-refractivity contribution in [1.82, 2.24) is 19.7 Å². The predicted octanol–water partition coefficient (Wildman–Crippen LogP) is 3.58. The molecule has 0 saturated heterocycles. The predicted molar refractivity (Wildman–Crippen MR) is 107 cm³/mol. The molecule has 0 bridgehead atoms. The number of nitrogens with zero attached hydrogens (tertiary/aromatic N) is 3. The molecule has 2 aromatic heterocycles. The first-order valence-electron chi connectivity index (χ1n) is 8.66. The SMILES string of the molecule is O=C(NCCn1nc(-c2cccs2)n(C2CC2)c1=O)Nc1ccccc1Cl. The van der Waals surface area contributed by atoms with E-state index < -0.39 is 0 Å². The molecule has 0 atom stereocenters. The van der Waals surface area contributed by atoms with Crippen molar-refractivity contribution in [2.24, 2.45) is 0 Å².